The van der Waals surface area contributed by atoms with Crippen LogP contribution in [0.15, 0.2) is 37.0 Å². The average Bonchev–Trinajstić information content (AvgIpc) is 2.75. The molecular formula is C29H54O. The summed E-state index contributed by atoms with van der Waals surface area (Å²) in [6.07, 6.45) is 37.7. The second-order valence-corrected chi connectivity index (χ2v) is 9.05. The first-order valence-corrected chi connectivity index (χ1v) is 13.4. The zero-order chi connectivity index (χ0) is 22.0. The van der Waals surface area contributed by atoms with E-state index in [0.717, 1.165) is 19.3 Å². The number of rotatable bonds is 24. The molecule has 0 heterocycles. The molecule has 176 valence electrons. The van der Waals surface area contributed by atoms with Crippen LogP contribution in [0.4, 0.5) is 0 Å². The summed E-state index contributed by atoms with van der Waals surface area (Å²) < 4.78 is 0. The Kier molecular flexibility index (Phi) is 25.5. The van der Waals surface area contributed by atoms with Crippen molar-refractivity contribution >= 4 is 0 Å². The van der Waals surface area contributed by atoms with E-state index in [-0.39, 0.29) is 6.10 Å². The fraction of sp³-hybridized carbons (Fsp3) is 0.793. The lowest BCUT2D eigenvalue weighted by molar-refractivity contribution is 0.147. The van der Waals surface area contributed by atoms with Crippen molar-refractivity contribution in [1.82, 2.24) is 0 Å². The molecule has 0 aliphatic heterocycles. The Labute approximate surface area is 190 Å². The van der Waals surface area contributed by atoms with Gasteiger partial charge in [0.05, 0.1) is 6.10 Å². The fourth-order valence-electron chi connectivity index (χ4n) is 3.91. The summed E-state index contributed by atoms with van der Waals surface area (Å²) in [5.74, 6) is 0. The number of unbranched alkanes of at least 4 members (excludes halogenated alkanes) is 16. The fourth-order valence-corrected chi connectivity index (χ4v) is 3.91. The molecule has 1 atom stereocenters. The van der Waals surface area contributed by atoms with Crippen molar-refractivity contribution in [3.05, 3.63) is 37.0 Å². The van der Waals surface area contributed by atoms with E-state index in [1.165, 1.54) is 116 Å². The zero-order valence-electron chi connectivity index (χ0n) is 20.5. The van der Waals surface area contributed by atoms with Crippen molar-refractivity contribution in [2.45, 2.75) is 148 Å². The van der Waals surface area contributed by atoms with E-state index < -0.39 is 0 Å². The summed E-state index contributed by atoms with van der Waals surface area (Å²) in [5, 5.41) is 10.1. The first-order chi connectivity index (χ1) is 14.8. The van der Waals surface area contributed by atoms with Gasteiger partial charge in [-0.3, -0.25) is 0 Å². The minimum atomic E-state index is -0.0596. The second kappa shape index (κ2) is 26.2. The first kappa shape index (κ1) is 29.2. The number of aliphatic hydroxyl groups is 1. The summed E-state index contributed by atoms with van der Waals surface area (Å²) >= 11 is 0. The molecule has 0 saturated heterocycles. The maximum absolute atomic E-state index is 10.1. The molecule has 0 aliphatic carbocycles. The van der Waals surface area contributed by atoms with E-state index in [9.17, 15) is 5.11 Å². The van der Waals surface area contributed by atoms with Crippen molar-refractivity contribution in [1.29, 1.82) is 0 Å². The molecular weight excluding hydrogens is 364 g/mol. The van der Waals surface area contributed by atoms with Gasteiger partial charge in [0, 0.05) is 0 Å². The number of hydrogen-bond donors (Lipinski definition) is 1. The van der Waals surface area contributed by atoms with Crippen LogP contribution in [0.2, 0.25) is 0 Å². The highest BCUT2D eigenvalue weighted by molar-refractivity contribution is 5.02. The highest BCUT2D eigenvalue weighted by atomic mass is 16.3. The summed E-state index contributed by atoms with van der Waals surface area (Å²) in [6.45, 7) is 6.03. The summed E-state index contributed by atoms with van der Waals surface area (Å²) in [7, 11) is 0. The number of aliphatic hydroxyl groups excluding tert-OH is 1. The molecule has 0 aliphatic rings. The van der Waals surface area contributed by atoms with Gasteiger partial charge in [-0.25, -0.2) is 0 Å². The van der Waals surface area contributed by atoms with Gasteiger partial charge in [0.1, 0.15) is 0 Å². The summed E-state index contributed by atoms with van der Waals surface area (Å²) in [4.78, 5) is 0. The highest BCUT2D eigenvalue weighted by Crippen LogP contribution is 2.15. The molecule has 0 radical (unpaired) electrons. The molecule has 0 bridgehead atoms. The minimum absolute atomic E-state index is 0.0596. The van der Waals surface area contributed by atoms with Crippen LogP contribution in [0.3, 0.4) is 0 Å². The van der Waals surface area contributed by atoms with Crippen LogP contribution in [0.1, 0.15) is 142 Å². The molecule has 0 saturated carbocycles. The summed E-state index contributed by atoms with van der Waals surface area (Å²) in [6, 6.07) is 0. The molecule has 30 heavy (non-hydrogen) atoms. The van der Waals surface area contributed by atoms with Gasteiger partial charge in [-0.1, -0.05) is 121 Å². The molecule has 0 aromatic heterocycles. The van der Waals surface area contributed by atoms with Gasteiger partial charge >= 0.3 is 0 Å². The Bertz CT molecular complexity index is 382. The molecule has 0 aromatic rings. The van der Waals surface area contributed by atoms with Crippen LogP contribution in [-0.2, 0) is 0 Å². The predicted octanol–water partition coefficient (Wildman–Crippen LogP) is 9.86. The predicted molar refractivity (Wildman–Crippen MR) is 137 cm³/mol. The highest BCUT2D eigenvalue weighted by Gasteiger charge is 2.03. The van der Waals surface area contributed by atoms with Crippen molar-refractivity contribution in [2.24, 2.45) is 0 Å². The largest absolute Gasteiger partial charge is 0.393 e. The van der Waals surface area contributed by atoms with Crippen LogP contribution in [0.25, 0.3) is 0 Å². The van der Waals surface area contributed by atoms with Gasteiger partial charge in [-0.05, 0) is 51.4 Å². The van der Waals surface area contributed by atoms with Crippen LogP contribution < -0.4 is 0 Å². The third kappa shape index (κ3) is 25.2. The second-order valence-electron chi connectivity index (χ2n) is 9.05. The molecule has 0 rings (SSSR count). The minimum Gasteiger partial charge on any atom is -0.393 e. The van der Waals surface area contributed by atoms with Gasteiger partial charge in [-0.2, -0.15) is 0 Å². The van der Waals surface area contributed by atoms with E-state index in [1.807, 2.05) is 6.08 Å². The lowest BCUT2D eigenvalue weighted by Crippen LogP contribution is -2.05. The quantitative estimate of drug-likeness (QED) is 0.0939. The molecule has 0 aromatic carbocycles. The Hall–Kier alpha value is -0.820. The lowest BCUT2D eigenvalue weighted by Gasteiger charge is -2.10. The zero-order valence-corrected chi connectivity index (χ0v) is 20.5. The average molecular weight is 419 g/mol. The van der Waals surface area contributed by atoms with Gasteiger partial charge in [0.15, 0.2) is 0 Å². The molecule has 1 unspecified atom stereocenters. The number of hydrogen-bond acceptors (Lipinski definition) is 1. The molecule has 1 heteroatoms. The Morgan fingerprint density at radius 2 is 0.967 bits per heavy atom. The Morgan fingerprint density at radius 1 is 0.567 bits per heavy atom. The van der Waals surface area contributed by atoms with Crippen molar-refractivity contribution in [2.75, 3.05) is 0 Å². The normalized spacial score (nSPS) is 12.9. The van der Waals surface area contributed by atoms with E-state index in [0.29, 0.717) is 0 Å². The molecule has 1 N–H and O–H groups in total. The van der Waals surface area contributed by atoms with E-state index in [1.54, 1.807) is 0 Å². The standard InChI is InChI=1S/C29H54O/c1-3-5-7-9-11-13-14-15-16-17-18-19-20-22-24-26-28-29(30)27-25-23-21-12-10-8-6-4-2/h4,13-16,29-30H,2-3,5-12,17-28H2,1H3. The van der Waals surface area contributed by atoms with Gasteiger partial charge in [0.2, 0.25) is 0 Å². The molecule has 0 fully saturated rings. The molecule has 0 spiro atoms. The SMILES string of the molecule is C=CCCCCCCCCC(O)CCCCCCCCC=CC=CCCCCCC. The summed E-state index contributed by atoms with van der Waals surface area (Å²) in [5.41, 5.74) is 0. The van der Waals surface area contributed by atoms with Gasteiger partial charge < -0.3 is 5.11 Å². The van der Waals surface area contributed by atoms with Crippen LogP contribution in [-0.4, -0.2) is 11.2 Å². The third-order valence-electron chi connectivity index (χ3n) is 5.96. The molecule has 0 amide bonds. The van der Waals surface area contributed by atoms with Crippen molar-refractivity contribution in [3.8, 4) is 0 Å². The monoisotopic (exact) mass is 418 g/mol. The van der Waals surface area contributed by atoms with E-state index >= 15 is 0 Å². The van der Waals surface area contributed by atoms with Crippen molar-refractivity contribution in [3.63, 3.8) is 0 Å². The van der Waals surface area contributed by atoms with E-state index in [4.69, 9.17) is 0 Å². The molecule has 1 nitrogen and oxygen atoms in total. The van der Waals surface area contributed by atoms with E-state index in [2.05, 4.69) is 37.8 Å². The topological polar surface area (TPSA) is 20.2 Å². The van der Waals surface area contributed by atoms with Crippen molar-refractivity contribution < 1.29 is 5.11 Å². The third-order valence-corrected chi connectivity index (χ3v) is 5.96. The van der Waals surface area contributed by atoms with Crippen LogP contribution in [0, 0.1) is 0 Å². The van der Waals surface area contributed by atoms with Crippen LogP contribution in [0.5, 0.6) is 0 Å². The first-order valence-electron chi connectivity index (χ1n) is 13.4. The van der Waals surface area contributed by atoms with Crippen LogP contribution >= 0.6 is 0 Å². The lowest BCUT2D eigenvalue weighted by atomic mass is 10.0. The smallest absolute Gasteiger partial charge is 0.0540 e. The Balaban J connectivity index is 3.24. The Morgan fingerprint density at radius 3 is 1.43 bits per heavy atom. The number of allylic oxidation sites excluding steroid dienone is 5. The maximum atomic E-state index is 10.1. The maximum Gasteiger partial charge on any atom is 0.0540 e. The van der Waals surface area contributed by atoms with Gasteiger partial charge in [-0.15, -0.1) is 6.58 Å². The van der Waals surface area contributed by atoms with Gasteiger partial charge in [0.25, 0.3) is 0 Å².